The molecule has 1 rings (SSSR count). The summed E-state index contributed by atoms with van der Waals surface area (Å²) >= 11 is 0. The summed E-state index contributed by atoms with van der Waals surface area (Å²) in [5, 5.41) is 9.51. The third-order valence-electron chi connectivity index (χ3n) is 3.42. The van der Waals surface area contributed by atoms with Gasteiger partial charge in [0.1, 0.15) is 5.78 Å². The number of aliphatic hydroxyl groups excluding tert-OH is 1. The molecule has 0 aliphatic heterocycles. The van der Waals surface area contributed by atoms with Gasteiger partial charge in [-0.25, -0.2) is 0 Å². The Balaban J connectivity index is 2.94. The first kappa shape index (κ1) is 12.2. The Kier molecular flexibility index (Phi) is 3.50. The van der Waals surface area contributed by atoms with Gasteiger partial charge < -0.3 is 9.84 Å². The van der Waals surface area contributed by atoms with E-state index in [0.29, 0.717) is 19.3 Å². The molecular formula is C11H18O4. The van der Waals surface area contributed by atoms with Crippen LogP contribution in [0.25, 0.3) is 0 Å². The molecule has 1 unspecified atom stereocenters. The van der Waals surface area contributed by atoms with Crippen molar-refractivity contribution in [2.24, 2.45) is 11.3 Å². The number of hydrogen-bond acceptors (Lipinski definition) is 4. The summed E-state index contributed by atoms with van der Waals surface area (Å²) in [5.74, 6) is -0.829. The highest BCUT2D eigenvalue weighted by Gasteiger charge is 2.48. The molecular weight excluding hydrogens is 196 g/mol. The lowest BCUT2D eigenvalue weighted by molar-refractivity contribution is -0.162. The summed E-state index contributed by atoms with van der Waals surface area (Å²) in [5.41, 5.74) is -0.764. The van der Waals surface area contributed by atoms with Crippen LogP contribution in [-0.2, 0) is 14.3 Å². The maximum atomic E-state index is 11.7. The first-order valence-corrected chi connectivity index (χ1v) is 5.18. The molecule has 0 aromatic carbocycles. The lowest BCUT2D eigenvalue weighted by Gasteiger charge is -2.39. The zero-order valence-corrected chi connectivity index (χ0v) is 9.45. The largest absolute Gasteiger partial charge is 0.469 e. The van der Waals surface area contributed by atoms with Crippen LogP contribution < -0.4 is 0 Å². The van der Waals surface area contributed by atoms with E-state index in [2.05, 4.69) is 0 Å². The van der Waals surface area contributed by atoms with Crippen molar-refractivity contribution in [3.05, 3.63) is 0 Å². The standard InChI is InChI=1S/C11H18O4/c1-7(12)9-6-8(13)4-5-11(9,2)10(14)15-3/h8-9,13H,4-6H2,1-3H3/t8?,9-,11-/m0/s1. The van der Waals surface area contributed by atoms with Gasteiger partial charge in [0.05, 0.1) is 18.6 Å². The van der Waals surface area contributed by atoms with Gasteiger partial charge in [-0.15, -0.1) is 0 Å². The second kappa shape index (κ2) is 4.31. The van der Waals surface area contributed by atoms with E-state index >= 15 is 0 Å². The number of methoxy groups -OCH3 is 1. The van der Waals surface area contributed by atoms with E-state index in [4.69, 9.17) is 4.74 Å². The molecule has 0 heterocycles. The predicted octanol–water partition coefficient (Wildman–Crippen LogP) is 0.916. The smallest absolute Gasteiger partial charge is 0.312 e. The fourth-order valence-corrected chi connectivity index (χ4v) is 2.38. The molecule has 4 nitrogen and oxygen atoms in total. The minimum Gasteiger partial charge on any atom is -0.469 e. The Bertz CT molecular complexity index is 274. The number of carbonyl (C=O) groups excluding carboxylic acids is 2. The molecule has 1 saturated carbocycles. The third kappa shape index (κ3) is 2.20. The molecule has 0 aromatic heterocycles. The van der Waals surface area contributed by atoms with Gasteiger partial charge in [0.2, 0.25) is 0 Å². The molecule has 0 spiro atoms. The van der Waals surface area contributed by atoms with Gasteiger partial charge in [0, 0.05) is 5.92 Å². The van der Waals surface area contributed by atoms with Crippen molar-refractivity contribution in [3.63, 3.8) is 0 Å². The van der Waals surface area contributed by atoms with E-state index in [1.807, 2.05) is 0 Å². The average molecular weight is 214 g/mol. The van der Waals surface area contributed by atoms with Crippen LogP contribution in [0.1, 0.15) is 33.1 Å². The zero-order chi connectivity index (χ0) is 11.6. The Labute approximate surface area is 89.6 Å². The second-order valence-corrected chi connectivity index (χ2v) is 4.50. The number of Topliss-reactive ketones (excluding diaryl/α,β-unsaturated/α-hetero) is 1. The molecule has 1 fully saturated rings. The molecule has 3 atom stereocenters. The van der Waals surface area contributed by atoms with E-state index < -0.39 is 17.4 Å². The predicted molar refractivity (Wildman–Crippen MR) is 54.2 cm³/mol. The van der Waals surface area contributed by atoms with E-state index in [1.165, 1.54) is 14.0 Å². The highest BCUT2D eigenvalue weighted by Crippen LogP contribution is 2.42. The Hall–Kier alpha value is -0.900. The summed E-state index contributed by atoms with van der Waals surface area (Å²) in [6.07, 6.45) is 0.943. The average Bonchev–Trinajstić information content (AvgIpc) is 2.20. The lowest BCUT2D eigenvalue weighted by atomic mass is 9.65. The monoisotopic (exact) mass is 214 g/mol. The fraction of sp³-hybridized carbons (Fsp3) is 0.818. The highest BCUT2D eigenvalue weighted by molar-refractivity contribution is 5.87. The summed E-state index contributed by atoms with van der Waals surface area (Å²) in [6.45, 7) is 3.21. The zero-order valence-electron chi connectivity index (χ0n) is 9.45. The molecule has 0 radical (unpaired) electrons. The van der Waals surface area contributed by atoms with Gasteiger partial charge in [-0.05, 0) is 33.1 Å². The van der Waals surface area contributed by atoms with Crippen LogP contribution >= 0.6 is 0 Å². The van der Waals surface area contributed by atoms with Crippen LogP contribution in [0.3, 0.4) is 0 Å². The van der Waals surface area contributed by atoms with Crippen LogP contribution in [-0.4, -0.2) is 30.1 Å². The maximum Gasteiger partial charge on any atom is 0.312 e. The van der Waals surface area contributed by atoms with Gasteiger partial charge in [-0.1, -0.05) is 0 Å². The van der Waals surface area contributed by atoms with Crippen molar-refractivity contribution >= 4 is 11.8 Å². The molecule has 1 aliphatic carbocycles. The van der Waals surface area contributed by atoms with Gasteiger partial charge in [-0.3, -0.25) is 9.59 Å². The van der Waals surface area contributed by atoms with Gasteiger partial charge in [0.25, 0.3) is 0 Å². The van der Waals surface area contributed by atoms with Crippen molar-refractivity contribution in [2.45, 2.75) is 39.2 Å². The normalized spacial score (nSPS) is 36.0. The van der Waals surface area contributed by atoms with Crippen LogP contribution in [0.2, 0.25) is 0 Å². The molecule has 0 aromatic rings. The first-order chi connectivity index (χ1) is 6.91. The molecule has 0 bridgehead atoms. The number of hydrogen-bond donors (Lipinski definition) is 1. The molecule has 4 heteroatoms. The number of carbonyl (C=O) groups is 2. The van der Waals surface area contributed by atoms with Crippen molar-refractivity contribution in [1.82, 2.24) is 0 Å². The highest BCUT2D eigenvalue weighted by atomic mass is 16.5. The number of esters is 1. The number of ether oxygens (including phenoxy) is 1. The quantitative estimate of drug-likeness (QED) is 0.694. The maximum absolute atomic E-state index is 11.7. The summed E-state index contributed by atoms with van der Waals surface area (Å²) in [6, 6.07) is 0. The minimum absolute atomic E-state index is 0.0540. The van der Waals surface area contributed by atoms with Crippen LogP contribution in [0.4, 0.5) is 0 Å². The topological polar surface area (TPSA) is 63.6 Å². The lowest BCUT2D eigenvalue weighted by Crippen LogP contribution is -2.45. The number of aliphatic hydroxyl groups is 1. The van der Waals surface area contributed by atoms with Crippen molar-refractivity contribution < 1.29 is 19.4 Å². The van der Waals surface area contributed by atoms with Crippen molar-refractivity contribution in [3.8, 4) is 0 Å². The Morgan fingerprint density at radius 1 is 1.47 bits per heavy atom. The van der Waals surface area contributed by atoms with E-state index in [-0.39, 0.29) is 11.8 Å². The van der Waals surface area contributed by atoms with Crippen LogP contribution in [0.5, 0.6) is 0 Å². The molecule has 0 saturated heterocycles. The van der Waals surface area contributed by atoms with E-state index in [1.54, 1.807) is 6.92 Å². The molecule has 86 valence electrons. The number of ketones is 1. The van der Waals surface area contributed by atoms with Crippen LogP contribution in [0, 0.1) is 11.3 Å². The summed E-state index contributed by atoms with van der Waals surface area (Å²) in [7, 11) is 1.33. The number of rotatable bonds is 2. The molecule has 1 N–H and O–H groups in total. The van der Waals surface area contributed by atoms with Gasteiger partial charge in [0.15, 0.2) is 0 Å². The fourth-order valence-electron chi connectivity index (χ4n) is 2.38. The molecule has 1 aliphatic rings. The SMILES string of the molecule is COC(=O)[C@@]1(C)CCC(O)C[C@H]1C(C)=O. The molecule has 0 amide bonds. The van der Waals surface area contributed by atoms with Gasteiger partial charge in [-0.2, -0.15) is 0 Å². The van der Waals surface area contributed by atoms with Gasteiger partial charge >= 0.3 is 5.97 Å². The third-order valence-corrected chi connectivity index (χ3v) is 3.42. The summed E-state index contributed by atoms with van der Waals surface area (Å²) < 4.78 is 4.74. The second-order valence-electron chi connectivity index (χ2n) is 4.50. The molecule has 15 heavy (non-hydrogen) atoms. The van der Waals surface area contributed by atoms with E-state index in [9.17, 15) is 14.7 Å². The van der Waals surface area contributed by atoms with Crippen molar-refractivity contribution in [1.29, 1.82) is 0 Å². The van der Waals surface area contributed by atoms with E-state index in [0.717, 1.165) is 0 Å². The minimum atomic E-state index is -0.764. The van der Waals surface area contributed by atoms with Crippen molar-refractivity contribution in [2.75, 3.05) is 7.11 Å². The summed E-state index contributed by atoms with van der Waals surface area (Å²) in [4.78, 5) is 23.1. The Morgan fingerprint density at radius 3 is 2.53 bits per heavy atom. The Morgan fingerprint density at radius 2 is 2.07 bits per heavy atom. The van der Waals surface area contributed by atoms with Crippen LogP contribution in [0.15, 0.2) is 0 Å². The first-order valence-electron chi connectivity index (χ1n) is 5.18.